The van der Waals surface area contributed by atoms with Gasteiger partial charge < -0.3 is 25.4 Å². The van der Waals surface area contributed by atoms with E-state index in [9.17, 15) is 18.0 Å². The van der Waals surface area contributed by atoms with Crippen LogP contribution in [0.5, 0.6) is 0 Å². The van der Waals surface area contributed by atoms with Crippen LogP contribution < -0.4 is 16.0 Å². The molecule has 1 aromatic rings. The number of carbonyl (C=O) groups is 1. The Morgan fingerprint density at radius 2 is 2.07 bits per heavy atom. The van der Waals surface area contributed by atoms with E-state index >= 15 is 0 Å². The number of benzene rings is 1. The number of fused-ring (bicyclic) bond motifs is 1. The molecule has 158 valence electrons. The number of carbonyl (C=O) groups excluding carboxylic acids is 1. The molecular weight excluding hydrogens is 389 g/mol. The number of halogens is 3. The van der Waals surface area contributed by atoms with Crippen LogP contribution in [0.1, 0.15) is 25.5 Å². The third-order valence-electron chi connectivity index (χ3n) is 4.46. The van der Waals surface area contributed by atoms with Crippen LogP contribution in [0, 0.1) is 5.41 Å². The first-order valence-corrected chi connectivity index (χ1v) is 9.19. The summed E-state index contributed by atoms with van der Waals surface area (Å²) in [6, 6.07) is 7.31. The highest BCUT2D eigenvalue weighted by Gasteiger charge is 2.49. The van der Waals surface area contributed by atoms with Gasteiger partial charge in [-0.3, -0.25) is 10.2 Å². The minimum atomic E-state index is -4.56. The zero-order valence-corrected chi connectivity index (χ0v) is 16.0. The molecule has 0 aliphatic carbocycles. The smallest absolute Gasteiger partial charge is 0.422 e. The Bertz CT molecular complexity index is 793. The number of nitrogens with one attached hydrogen (secondary N) is 4. The first-order valence-electron chi connectivity index (χ1n) is 9.19. The molecule has 1 aromatic carbocycles. The highest BCUT2D eigenvalue weighted by molar-refractivity contribution is 6.06. The molecule has 0 radical (unpaired) electrons. The van der Waals surface area contributed by atoms with Crippen molar-refractivity contribution in [3.8, 4) is 0 Å². The lowest BCUT2D eigenvalue weighted by Gasteiger charge is -2.53. The molecule has 3 atom stereocenters. The van der Waals surface area contributed by atoms with Crippen LogP contribution in [0.15, 0.2) is 36.0 Å². The molecule has 3 rings (SSSR count). The largest absolute Gasteiger partial charge is 0.468 e. The fourth-order valence-corrected chi connectivity index (χ4v) is 3.02. The van der Waals surface area contributed by atoms with Gasteiger partial charge in [0.25, 0.3) is 5.91 Å². The molecule has 10 heteroatoms. The SMILES string of the molecule is CC(C)N/C(=C\C(=N)OCC(F)(F)F)C(=O)Nc1ccc([C@@H]2OC3CN[C@H]32)cc1. The number of morpholine rings is 1. The normalized spacial score (nSPS) is 23.5. The number of alkyl halides is 3. The molecule has 2 saturated heterocycles. The second-order valence-electron chi connectivity index (χ2n) is 7.23. The summed E-state index contributed by atoms with van der Waals surface area (Å²) in [7, 11) is 0. The number of rotatable bonds is 7. The Labute approximate surface area is 166 Å². The number of hydrogen-bond acceptors (Lipinski definition) is 6. The minimum absolute atomic E-state index is 0.00261. The number of amides is 1. The molecule has 0 bridgehead atoms. The summed E-state index contributed by atoms with van der Waals surface area (Å²) in [5, 5.41) is 16.3. The second-order valence-corrected chi connectivity index (χ2v) is 7.23. The van der Waals surface area contributed by atoms with Gasteiger partial charge >= 0.3 is 6.18 Å². The van der Waals surface area contributed by atoms with E-state index in [4.69, 9.17) is 10.1 Å². The summed E-state index contributed by atoms with van der Waals surface area (Å²) in [6.07, 6.45) is -3.35. The van der Waals surface area contributed by atoms with Crippen molar-refractivity contribution in [1.82, 2.24) is 10.6 Å². The molecule has 1 amide bonds. The third-order valence-corrected chi connectivity index (χ3v) is 4.46. The van der Waals surface area contributed by atoms with Gasteiger partial charge in [0.1, 0.15) is 11.8 Å². The van der Waals surface area contributed by atoms with Crippen molar-refractivity contribution in [1.29, 1.82) is 5.41 Å². The van der Waals surface area contributed by atoms with Crippen LogP contribution in [0.4, 0.5) is 18.9 Å². The highest BCUT2D eigenvalue weighted by atomic mass is 19.4. The van der Waals surface area contributed by atoms with Crippen LogP contribution in [0.3, 0.4) is 0 Å². The third kappa shape index (κ3) is 5.48. The number of ether oxygens (including phenoxy) is 2. The molecule has 0 saturated carbocycles. The van der Waals surface area contributed by atoms with Gasteiger partial charge in [0.15, 0.2) is 6.61 Å². The van der Waals surface area contributed by atoms with E-state index in [0.29, 0.717) is 11.7 Å². The van der Waals surface area contributed by atoms with E-state index < -0.39 is 24.6 Å². The molecule has 4 N–H and O–H groups in total. The summed E-state index contributed by atoms with van der Waals surface area (Å²) < 4.78 is 46.8. The number of hydrogen-bond donors (Lipinski definition) is 4. The van der Waals surface area contributed by atoms with Crippen molar-refractivity contribution in [3.05, 3.63) is 41.6 Å². The van der Waals surface area contributed by atoms with Gasteiger partial charge in [-0.15, -0.1) is 0 Å². The molecule has 2 aliphatic heterocycles. The molecule has 0 spiro atoms. The van der Waals surface area contributed by atoms with Crippen molar-refractivity contribution >= 4 is 17.5 Å². The fraction of sp³-hybridized carbons (Fsp3) is 0.474. The van der Waals surface area contributed by atoms with Crippen molar-refractivity contribution in [3.63, 3.8) is 0 Å². The Balaban J connectivity index is 1.61. The van der Waals surface area contributed by atoms with Gasteiger partial charge in [0.05, 0.1) is 12.1 Å². The predicted octanol–water partition coefficient (Wildman–Crippen LogP) is 2.47. The van der Waals surface area contributed by atoms with Crippen molar-refractivity contribution in [2.75, 3.05) is 18.5 Å². The fourth-order valence-electron chi connectivity index (χ4n) is 3.02. The molecule has 7 nitrogen and oxygen atoms in total. The lowest BCUT2D eigenvalue weighted by Crippen LogP contribution is -2.69. The Morgan fingerprint density at radius 1 is 1.38 bits per heavy atom. The standard InChI is InChI=1S/C19H23F3N4O3/c1-10(2)25-13(7-15(23)28-9-19(20,21)22)18(27)26-12-5-3-11(4-6-12)17-16-14(29-17)8-24-16/h3-7,10,14,16-17,23-25H,8-9H2,1-2H3,(H,26,27)/b13-7-,23-15?/t14?,16-,17+/m1/s1. The predicted molar refractivity (Wildman–Crippen MR) is 101 cm³/mol. The van der Waals surface area contributed by atoms with E-state index in [-0.39, 0.29) is 23.9 Å². The maximum Gasteiger partial charge on any atom is 0.422 e. The maximum absolute atomic E-state index is 12.5. The zero-order chi connectivity index (χ0) is 21.2. The molecule has 0 aromatic heterocycles. The molecule has 2 heterocycles. The molecule has 2 fully saturated rings. The lowest BCUT2D eigenvalue weighted by atomic mass is 9.86. The summed E-state index contributed by atoms with van der Waals surface area (Å²) in [6.45, 7) is 2.79. The Kier molecular flexibility index (Phi) is 6.13. The van der Waals surface area contributed by atoms with Crippen molar-refractivity contribution < 1.29 is 27.4 Å². The van der Waals surface area contributed by atoms with Gasteiger partial charge in [-0.05, 0) is 31.5 Å². The summed E-state index contributed by atoms with van der Waals surface area (Å²) in [5.41, 5.74) is 1.44. The zero-order valence-electron chi connectivity index (χ0n) is 16.0. The van der Waals surface area contributed by atoms with Gasteiger partial charge in [0, 0.05) is 24.4 Å². The topological polar surface area (TPSA) is 95.5 Å². The van der Waals surface area contributed by atoms with E-state index in [1.165, 1.54) is 0 Å². The van der Waals surface area contributed by atoms with E-state index in [1.54, 1.807) is 26.0 Å². The Hall–Kier alpha value is -2.59. The first-order chi connectivity index (χ1) is 13.6. The average Bonchev–Trinajstić information content (AvgIpc) is 2.61. The van der Waals surface area contributed by atoms with Crippen molar-refractivity contribution in [2.45, 2.75) is 44.3 Å². The Morgan fingerprint density at radius 3 is 2.55 bits per heavy atom. The van der Waals surface area contributed by atoms with Gasteiger partial charge in [-0.1, -0.05) is 12.1 Å². The monoisotopic (exact) mass is 412 g/mol. The summed E-state index contributed by atoms with van der Waals surface area (Å²) in [4.78, 5) is 12.5. The minimum Gasteiger partial charge on any atom is -0.468 e. The molecular formula is C19H23F3N4O3. The first kappa shape index (κ1) is 21.1. The van der Waals surface area contributed by atoms with Crippen LogP contribution in [-0.4, -0.2) is 49.3 Å². The quantitative estimate of drug-likeness (QED) is 0.314. The molecule has 1 unspecified atom stereocenters. The van der Waals surface area contributed by atoms with Crippen LogP contribution >= 0.6 is 0 Å². The highest BCUT2D eigenvalue weighted by Crippen LogP contribution is 2.39. The van der Waals surface area contributed by atoms with E-state index in [0.717, 1.165) is 18.2 Å². The van der Waals surface area contributed by atoms with Crippen LogP contribution in [0.2, 0.25) is 0 Å². The van der Waals surface area contributed by atoms with E-state index in [2.05, 4.69) is 20.7 Å². The van der Waals surface area contributed by atoms with Gasteiger partial charge in [-0.25, -0.2) is 0 Å². The molecule has 29 heavy (non-hydrogen) atoms. The van der Waals surface area contributed by atoms with Crippen molar-refractivity contribution in [2.24, 2.45) is 0 Å². The van der Waals surface area contributed by atoms with Gasteiger partial charge in [-0.2, -0.15) is 13.2 Å². The number of anilines is 1. The molecule has 2 aliphatic rings. The van der Waals surface area contributed by atoms with Gasteiger partial charge in [0.2, 0.25) is 5.90 Å². The summed E-state index contributed by atoms with van der Waals surface area (Å²) >= 11 is 0. The van der Waals surface area contributed by atoms with E-state index in [1.807, 2.05) is 12.1 Å². The summed E-state index contributed by atoms with van der Waals surface area (Å²) in [5.74, 6) is -1.35. The average molecular weight is 412 g/mol. The maximum atomic E-state index is 12.5. The lowest BCUT2D eigenvalue weighted by molar-refractivity contribution is -0.203. The van der Waals surface area contributed by atoms with Crippen LogP contribution in [-0.2, 0) is 14.3 Å². The second kappa shape index (κ2) is 8.42. The van der Waals surface area contributed by atoms with Crippen LogP contribution in [0.25, 0.3) is 0 Å².